The lowest BCUT2D eigenvalue weighted by Gasteiger charge is -1.65. The lowest BCUT2D eigenvalue weighted by Crippen LogP contribution is -1.44. The van der Waals surface area contributed by atoms with Crippen molar-refractivity contribution < 1.29 is 1.37 Å². The van der Waals surface area contributed by atoms with E-state index in [-0.39, 0.29) is 0 Å². The van der Waals surface area contributed by atoms with Crippen LogP contribution in [0.3, 0.4) is 0 Å². The first-order chi connectivity index (χ1) is 2.91. The van der Waals surface area contributed by atoms with Gasteiger partial charge in [0.2, 0.25) is 0 Å². The molecule has 0 N–H and O–H groups in total. The molecule has 0 fully saturated rings. The second-order valence-corrected chi connectivity index (χ2v) is 0.836. The molecule has 0 bridgehead atoms. The van der Waals surface area contributed by atoms with E-state index in [1.54, 1.807) is 6.08 Å². The van der Waals surface area contributed by atoms with E-state index in [2.05, 4.69) is 0 Å². The van der Waals surface area contributed by atoms with Gasteiger partial charge in [-0.15, -0.1) is 0 Å². The Morgan fingerprint density at radius 3 is 3.20 bits per heavy atom. The first kappa shape index (κ1) is 2.95. The zero-order valence-corrected chi connectivity index (χ0v) is 3.44. The largest absolute Gasteiger partial charge is 0.0888 e. The Hall–Kier alpha value is -0.260. The fourth-order valence-electron chi connectivity index (χ4n) is 0.136. The third kappa shape index (κ3) is 3.74. The summed E-state index contributed by atoms with van der Waals surface area (Å²) in [6.45, 7) is 3.32. The van der Waals surface area contributed by atoms with Gasteiger partial charge in [-0.05, 0) is 13.3 Å². The van der Waals surface area contributed by atoms with E-state index in [0.29, 0.717) is 0 Å². The molecule has 0 aromatic rings. The van der Waals surface area contributed by atoms with Gasteiger partial charge in [-0.1, -0.05) is 19.1 Å². The molecular weight excluding hydrogens is 60.1 g/mol. The van der Waals surface area contributed by atoms with Gasteiger partial charge in [0.05, 0.1) is 0 Å². The summed E-state index contributed by atoms with van der Waals surface area (Å²) in [5.41, 5.74) is 0. The van der Waals surface area contributed by atoms with Gasteiger partial charge in [-0.2, -0.15) is 0 Å². The van der Waals surface area contributed by atoms with Crippen LogP contribution in [0.25, 0.3) is 0 Å². The van der Waals surface area contributed by atoms with Crippen LogP contribution in [0, 0.1) is 6.90 Å². The van der Waals surface area contributed by atoms with E-state index >= 15 is 0 Å². The Morgan fingerprint density at radius 2 is 3.00 bits per heavy atom. The van der Waals surface area contributed by atoms with E-state index in [9.17, 15) is 0 Å². The molecule has 1 radical (unpaired) electrons. The molecule has 0 amide bonds. The van der Waals surface area contributed by atoms with Crippen molar-refractivity contribution in [3.63, 3.8) is 0 Å². The summed E-state index contributed by atoms with van der Waals surface area (Å²) >= 11 is 0. The van der Waals surface area contributed by atoms with E-state index in [1.807, 2.05) is 13.0 Å². The highest BCUT2D eigenvalue weighted by Crippen LogP contribution is 1.73. The highest BCUT2D eigenvalue weighted by molar-refractivity contribution is 4.81. The van der Waals surface area contributed by atoms with Gasteiger partial charge in [0.1, 0.15) is 0 Å². The maximum absolute atomic E-state index is 6.49. The average Bonchev–Trinajstić information content (AvgIpc) is 1.61. The summed E-state index contributed by atoms with van der Waals surface area (Å²) in [4.78, 5) is 0. The lowest BCUT2D eigenvalue weighted by atomic mass is 10.4. The summed E-state index contributed by atoms with van der Waals surface area (Å²) in [7, 11) is 0. The minimum Gasteiger partial charge on any atom is -0.0888 e. The predicted molar refractivity (Wildman–Crippen MR) is 24.8 cm³/mol. The van der Waals surface area contributed by atoms with E-state index in [0.717, 1.165) is 6.42 Å². The molecule has 0 unspecified atom stereocenters. The SMILES string of the molecule is [2H][CH]C=CCC. The Bertz CT molecular complexity index is 33.2. The van der Waals surface area contributed by atoms with Crippen LogP contribution >= 0.6 is 0 Å². The van der Waals surface area contributed by atoms with Gasteiger partial charge < -0.3 is 0 Å². The van der Waals surface area contributed by atoms with Gasteiger partial charge in [0.15, 0.2) is 0 Å². The molecule has 0 heteroatoms. The quantitative estimate of drug-likeness (QED) is 0.464. The molecule has 0 aliphatic carbocycles. The van der Waals surface area contributed by atoms with Gasteiger partial charge in [0, 0.05) is 1.37 Å². The molecule has 0 aromatic heterocycles. The van der Waals surface area contributed by atoms with E-state index in [1.165, 1.54) is 6.90 Å². The predicted octanol–water partition coefficient (Wildman–Crippen LogP) is 1.79. The van der Waals surface area contributed by atoms with Crippen LogP contribution in [0.5, 0.6) is 0 Å². The van der Waals surface area contributed by atoms with Crippen molar-refractivity contribution in [2.45, 2.75) is 13.3 Å². The summed E-state index contributed by atoms with van der Waals surface area (Å²) in [6.07, 6.45) is 4.68. The number of hydrogen-bond acceptors (Lipinski definition) is 0. The summed E-state index contributed by atoms with van der Waals surface area (Å²) in [5.74, 6) is 0. The Morgan fingerprint density at radius 1 is 2.20 bits per heavy atom. The fraction of sp³-hybridized carbons (Fsp3) is 0.400. The molecular formula is C5H9. The smallest absolute Gasteiger partial charge is 0.0313 e. The molecule has 0 heterocycles. The zero-order valence-electron chi connectivity index (χ0n) is 4.44. The molecule has 0 aromatic carbocycles. The first-order valence-corrected chi connectivity index (χ1v) is 1.78. The monoisotopic (exact) mass is 70.1 g/mol. The number of rotatable bonds is 2. The average molecular weight is 70.1 g/mol. The van der Waals surface area contributed by atoms with Gasteiger partial charge in [-0.3, -0.25) is 0 Å². The number of allylic oxidation sites excluding steroid dienone is 2. The Labute approximate surface area is 34.9 Å². The van der Waals surface area contributed by atoms with Crippen LogP contribution in [0.1, 0.15) is 14.7 Å². The van der Waals surface area contributed by atoms with Crippen molar-refractivity contribution in [1.29, 1.82) is 0 Å². The molecule has 0 atom stereocenters. The van der Waals surface area contributed by atoms with Gasteiger partial charge >= 0.3 is 0 Å². The maximum atomic E-state index is 6.49. The molecule has 0 aliphatic heterocycles. The third-order valence-corrected chi connectivity index (χ3v) is 0.372. The summed E-state index contributed by atoms with van der Waals surface area (Å²) in [6, 6.07) is 0. The highest BCUT2D eigenvalue weighted by atomic mass is 13.6. The maximum Gasteiger partial charge on any atom is 0.0313 e. The van der Waals surface area contributed by atoms with Crippen molar-refractivity contribution in [3.8, 4) is 0 Å². The molecule has 0 spiro atoms. The van der Waals surface area contributed by atoms with Crippen molar-refractivity contribution in [2.24, 2.45) is 0 Å². The minimum absolute atomic E-state index is 1.02. The Balaban J connectivity index is 2.73. The fourth-order valence-corrected chi connectivity index (χ4v) is 0.136. The molecule has 0 saturated carbocycles. The normalized spacial score (nSPS) is 12.6. The van der Waals surface area contributed by atoms with Crippen molar-refractivity contribution in [2.75, 3.05) is 0 Å². The van der Waals surface area contributed by atoms with Gasteiger partial charge in [-0.25, -0.2) is 0 Å². The van der Waals surface area contributed by atoms with Crippen LogP contribution in [0.4, 0.5) is 0 Å². The molecule has 5 heavy (non-hydrogen) atoms. The van der Waals surface area contributed by atoms with E-state index < -0.39 is 0 Å². The summed E-state index contributed by atoms with van der Waals surface area (Å²) in [5, 5.41) is 0. The second-order valence-electron chi connectivity index (χ2n) is 0.836. The molecule has 0 rings (SSSR count). The van der Waals surface area contributed by atoms with Crippen molar-refractivity contribution in [3.05, 3.63) is 19.1 Å². The molecule has 0 aliphatic rings. The van der Waals surface area contributed by atoms with Crippen LogP contribution in [0.2, 0.25) is 0 Å². The molecule has 0 saturated heterocycles. The molecule has 0 nitrogen and oxygen atoms in total. The Kier molecular flexibility index (Phi) is 2.21. The second kappa shape index (κ2) is 3.74. The van der Waals surface area contributed by atoms with Gasteiger partial charge in [0.25, 0.3) is 0 Å². The number of hydrogen-bond donors (Lipinski definition) is 0. The van der Waals surface area contributed by atoms with Crippen LogP contribution in [0.15, 0.2) is 12.2 Å². The van der Waals surface area contributed by atoms with Crippen molar-refractivity contribution >= 4 is 0 Å². The molecule has 29 valence electrons. The summed E-state index contributed by atoms with van der Waals surface area (Å²) < 4.78 is 6.49. The minimum atomic E-state index is 1.02. The zero-order chi connectivity index (χ0) is 4.83. The van der Waals surface area contributed by atoms with Crippen molar-refractivity contribution in [1.82, 2.24) is 0 Å². The highest BCUT2D eigenvalue weighted by Gasteiger charge is 1.52. The van der Waals surface area contributed by atoms with Crippen LogP contribution in [-0.4, -0.2) is 0 Å². The van der Waals surface area contributed by atoms with E-state index in [4.69, 9.17) is 1.37 Å². The third-order valence-electron chi connectivity index (χ3n) is 0.372. The van der Waals surface area contributed by atoms with Crippen LogP contribution in [-0.2, 0) is 0 Å². The standard InChI is InChI=1S/C5H9/c1-3-5-4-2/h3,5H,1,4H2,2H3/i1D. The van der Waals surface area contributed by atoms with Crippen LogP contribution < -0.4 is 0 Å². The topological polar surface area (TPSA) is 0 Å². The lowest BCUT2D eigenvalue weighted by molar-refractivity contribution is 1.22. The first-order valence-electron chi connectivity index (χ1n) is 2.36.